The number of nitrogens with zero attached hydrogens (tertiary/aromatic N) is 3. The van der Waals surface area contributed by atoms with E-state index in [2.05, 4.69) is 17.0 Å². The Morgan fingerprint density at radius 2 is 1.82 bits per heavy atom. The summed E-state index contributed by atoms with van der Waals surface area (Å²) in [5, 5.41) is 4.27. The number of amides is 1. The first-order valence-electron chi connectivity index (χ1n) is 11.5. The Kier molecular flexibility index (Phi) is 7.40. The summed E-state index contributed by atoms with van der Waals surface area (Å²) >= 11 is 0. The van der Waals surface area contributed by atoms with Crippen molar-refractivity contribution >= 4 is 11.8 Å². The molecule has 0 radical (unpaired) electrons. The van der Waals surface area contributed by atoms with E-state index in [0.29, 0.717) is 56.4 Å². The molecule has 4 rings (SSSR count). The van der Waals surface area contributed by atoms with Gasteiger partial charge in [0.25, 0.3) is 0 Å². The monoisotopic (exact) mass is 451 g/mol. The molecule has 6 nitrogen and oxygen atoms in total. The first kappa shape index (κ1) is 23.0. The fourth-order valence-electron chi connectivity index (χ4n) is 4.08. The van der Waals surface area contributed by atoms with Crippen LogP contribution in [0, 0.1) is 5.82 Å². The Hall–Kier alpha value is -3.19. The van der Waals surface area contributed by atoms with Gasteiger partial charge in [-0.3, -0.25) is 4.79 Å². The molecule has 0 aliphatic carbocycles. The maximum atomic E-state index is 14.7. The lowest BCUT2D eigenvalue weighted by Gasteiger charge is -2.31. The van der Waals surface area contributed by atoms with E-state index in [1.54, 1.807) is 18.2 Å². The molecule has 2 heterocycles. The van der Waals surface area contributed by atoms with E-state index in [1.807, 2.05) is 42.2 Å². The van der Waals surface area contributed by atoms with Crippen LogP contribution < -0.4 is 4.90 Å². The van der Waals surface area contributed by atoms with Crippen molar-refractivity contribution in [1.29, 1.82) is 0 Å². The van der Waals surface area contributed by atoms with Crippen LogP contribution in [0.4, 0.5) is 10.3 Å². The highest BCUT2D eigenvalue weighted by Gasteiger charge is 2.29. The van der Waals surface area contributed by atoms with Gasteiger partial charge in [0.1, 0.15) is 11.5 Å². The molecule has 3 aromatic rings. The summed E-state index contributed by atoms with van der Waals surface area (Å²) < 4.78 is 26.0. The maximum Gasteiger partial charge on any atom is 0.233 e. The summed E-state index contributed by atoms with van der Waals surface area (Å²) in [4.78, 5) is 17.3. The number of hydrogen-bond donors (Lipinski definition) is 0. The van der Waals surface area contributed by atoms with Crippen molar-refractivity contribution in [2.45, 2.75) is 39.3 Å². The highest BCUT2D eigenvalue weighted by Crippen LogP contribution is 2.34. The zero-order valence-electron chi connectivity index (χ0n) is 19.2. The minimum Gasteiger partial charge on any atom is -0.378 e. The lowest BCUT2D eigenvalue weighted by Crippen LogP contribution is -2.40. The van der Waals surface area contributed by atoms with Crippen molar-refractivity contribution < 1.29 is 18.4 Å². The molecular weight excluding hydrogens is 421 g/mol. The number of carbonyl (C=O) groups is 1. The van der Waals surface area contributed by atoms with Gasteiger partial charge in [-0.05, 0) is 31.0 Å². The molecule has 0 N–H and O–H groups in total. The summed E-state index contributed by atoms with van der Waals surface area (Å²) in [7, 11) is 0. The fraction of sp³-hybridized carbons (Fsp3) is 0.385. The highest BCUT2D eigenvalue weighted by atomic mass is 19.1. The predicted molar refractivity (Wildman–Crippen MR) is 125 cm³/mol. The fourth-order valence-corrected chi connectivity index (χ4v) is 4.08. The van der Waals surface area contributed by atoms with E-state index in [-0.39, 0.29) is 17.8 Å². The molecule has 1 fully saturated rings. The van der Waals surface area contributed by atoms with E-state index in [4.69, 9.17) is 9.26 Å². The van der Waals surface area contributed by atoms with Crippen molar-refractivity contribution in [2.24, 2.45) is 0 Å². The second kappa shape index (κ2) is 10.6. The van der Waals surface area contributed by atoms with Crippen molar-refractivity contribution in [3.05, 3.63) is 71.5 Å². The molecule has 174 valence electrons. The van der Waals surface area contributed by atoms with E-state index in [9.17, 15) is 9.18 Å². The Balaban J connectivity index is 1.71. The maximum absolute atomic E-state index is 14.7. The van der Waals surface area contributed by atoms with Gasteiger partial charge in [0.15, 0.2) is 0 Å². The lowest BCUT2D eigenvalue weighted by molar-refractivity contribution is -0.133. The van der Waals surface area contributed by atoms with Gasteiger partial charge in [-0.25, -0.2) is 4.39 Å². The van der Waals surface area contributed by atoms with Crippen LogP contribution >= 0.6 is 0 Å². The first-order valence-corrected chi connectivity index (χ1v) is 11.5. The summed E-state index contributed by atoms with van der Waals surface area (Å²) in [5.74, 6) is 0.229. The van der Waals surface area contributed by atoms with Crippen LogP contribution in [0.3, 0.4) is 0 Å². The molecule has 1 atom stereocenters. The van der Waals surface area contributed by atoms with Crippen LogP contribution in [-0.2, 0) is 22.5 Å². The van der Waals surface area contributed by atoms with E-state index >= 15 is 0 Å². The van der Waals surface area contributed by atoms with E-state index in [0.717, 1.165) is 17.5 Å². The third kappa shape index (κ3) is 5.25. The van der Waals surface area contributed by atoms with Gasteiger partial charge in [-0.15, -0.1) is 0 Å². The van der Waals surface area contributed by atoms with Crippen LogP contribution in [0.1, 0.15) is 31.4 Å². The molecule has 1 aliphatic rings. The zero-order valence-corrected chi connectivity index (χ0v) is 19.2. The average molecular weight is 452 g/mol. The Labute approximate surface area is 193 Å². The van der Waals surface area contributed by atoms with Crippen LogP contribution in [-0.4, -0.2) is 48.3 Å². The van der Waals surface area contributed by atoms with Gasteiger partial charge in [0, 0.05) is 24.7 Å². The third-order valence-electron chi connectivity index (χ3n) is 6.16. The topological polar surface area (TPSA) is 58.8 Å². The minimum absolute atomic E-state index is 0.00196. The second-order valence-electron chi connectivity index (χ2n) is 8.34. The molecule has 1 aliphatic heterocycles. The molecular formula is C26H30FN3O3. The molecule has 1 unspecified atom stereocenters. The SMILES string of the molecule is CCC(C)N(Cc1c(-c2ccccc2F)noc1N1CCOCC1)C(=O)Cc1ccccc1. The van der Waals surface area contributed by atoms with E-state index in [1.165, 1.54) is 6.07 Å². The highest BCUT2D eigenvalue weighted by molar-refractivity contribution is 5.80. The van der Waals surface area contributed by atoms with Crippen molar-refractivity contribution in [3.8, 4) is 11.3 Å². The summed E-state index contributed by atoms with van der Waals surface area (Å²) in [5.41, 5.74) is 2.50. The van der Waals surface area contributed by atoms with Gasteiger partial charge in [-0.2, -0.15) is 0 Å². The summed E-state index contributed by atoms with van der Waals surface area (Å²) in [6, 6.07) is 16.2. The Bertz CT molecular complexity index is 1060. The molecule has 1 aromatic heterocycles. The number of ether oxygens (including phenoxy) is 1. The average Bonchev–Trinajstić information content (AvgIpc) is 3.26. The predicted octanol–water partition coefficient (Wildman–Crippen LogP) is 4.69. The van der Waals surface area contributed by atoms with Crippen LogP contribution in [0.15, 0.2) is 59.1 Å². The molecule has 0 bridgehead atoms. The molecule has 1 amide bonds. The standard InChI is InChI=1S/C26H30FN3O3/c1-3-19(2)30(24(31)17-20-9-5-4-6-10-20)18-22-25(21-11-7-8-12-23(21)27)28-33-26(22)29-13-15-32-16-14-29/h4-12,19H,3,13-18H2,1-2H3. The number of benzene rings is 2. The number of rotatable bonds is 8. The summed E-state index contributed by atoms with van der Waals surface area (Å²) in [6.07, 6.45) is 1.10. The molecule has 1 saturated heterocycles. The quantitative estimate of drug-likeness (QED) is 0.497. The van der Waals surface area contributed by atoms with Gasteiger partial charge in [0.05, 0.1) is 31.7 Å². The van der Waals surface area contributed by atoms with Crippen molar-refractivity contribution in [1.82, 2.24) is 10.1 Å². The third-order valence-corrected chi connectivity index (χ3v) is 6.16. The number of aromatic nitrogens is 1. The van der Waals surface area contributed by atoms with Gasteiger partial charge in [-0.1, -0.05) is 54.5 Å². The molecule has 33 heavy (non-hydrogen) atoms. The zero-order chi connectivity index (χ0) is 23.2. The number of carbonyl (C=O) groups excluding carboxylic acids is 1. The smallest absolute Gasteiger partial charge is 0.233 e. The largest absolute Gasteiger partial charge is 0.378 e. The first-order chi connectivity index (χ1) is 16.1. The number of halogens is 1. The number of hydrogen-bond acceptors (Lipinski definition) is 5. The minimum atomic E-state index is -0.369. The normalized spacial score (nSPS) is 14.8. The molecule has 2 aromatic carbocycles. The van der Waals surface area contributed by atoms with E-state index < -0.39 is 0 Å². The van der Waals surface area contributed by atoms with Gasteiger partial charge < -0.3 is 19.1 Å². The van der Waals surface area contributed by atoms with Gasteiger partial charge in [0.2, 0.25) is 11.8 Å². The van der Waals surface area contributed by atoms with Crippen LogP contribution in [0.2, 0.25) is 0 Å². The number of morpholine rings is 1. The van der Waals surface area contributed by atoms with Crippen molar-refractivity contribution in [2.75, 3.05) is 31.2 Å². The second-order valence-corrected chi connectivity index (χ2v) is 8.34. The molecule has 0 spiro atoms. The molecule has 0 saturated carbocycles. The lowest BCUT2D eigenvalue weighted by atomic mass is 10.0. The van der Waals surface area contributed by atoms with Gasteiger partial charge >= 0.3 is 0 Å². The summed E-state index contributed by atoms with van der Waals surface area (Å²) in [6.45, 7) is 6.85. The molecule has 7 heteroatoms. The van der Waals surface area contributed by atoms with Crippen LogP contribution in [0.5, 0.6) is 0 Å². The Morgan fingerprint density at radius 1 is 1.12 bits per heavy atom. The Morgan fingerprint density at radius 3 is 2.52 bits per heavy atom. The van der Waals surface area contributed by atoms with Crippen LogP contribution in [0.25, 0.3) is 11.3 Å². The number of anilines is 1. The van der Waals surface area contributed by atoms with Crippen molar-refractivity contribution in [3.63, 3.8) is 0 Å².